The molecule has 0 radical (unpaired) electrons. The van der Waals surface area contributed by atoms with Gasteiger partial charge in [-0.05, 0) is 24.6 Å². The van der Waals surface area contributed by atoms with Gasteiger partial charge in [0.2, 0.25) is 0 Å². The Morgan fingerprint density at radius 1 is 1.12 bits per heavy atom. The van der Waals surface area contributed by atoms with Crippen molar-refractivity contribution in [3.05, 3.63) is 53.5 Å². The Balaban J connectivity index is 1.72. The summed E-state index contributed by atoms with van der Waals surface area (Å²) in [6, 6.07) is 8.60. The van der Waals surface area contributed by atoms with Crippen LogP contribution in [0, 0.1) is 0 Å². The van der Waals surface area contributed by atoms with Crippen molar-refractivity contribution in [2.75, 3.05) is 4.90 Å². The van der Waals surface area contributed by atoms with Gasteiger partial charge in [-0.15, -0.1) is 0 Å². The Labute approximate surface area is 138 Å². The van der Waals surface area contributed by atoms with Crippen LogP contribution in [0.4, 0.5) is 5.69 Å². The second kappa shape index (κ2) is 5.56. The summed E-state index contributed by atoms with van der Waals surface area (Å²) in [7, 11) is 0. The molecule has 0 atom stereocenters. The fourth-order valence-electron chi connectivity index (χ4n) is 2.95. The van der Waals surface area contributed by atoms with Crippen molar-refractivity contribution in [3.63, 3.8) is 0 Å². The van der Waals surface area contributed by atoms with Crippen LogP contribution in [0.15, 0.2) is 36.5 Å². The zero-order chi connectivity index (χ0) is 16.7. The number of fused-ring (bicyclic) bond motifs is 2. The number of unbranched alkanes of at least 4 members (excludes halogenated alkanes) is 1. The Kier molecular flexibility index (Phi) is 3.37. The van der Waals surface area contributed by atoms with Gasteiger partial charge in [0, 0.05) is 6.42 Å². The second-order valence-electron chi connectivity index (χ2n) is 5.84. The molecule has 24 heavy (non-hydrogen) atoms. The summed E-state index contributed by atoms with van der Waals surface area (Å²) in [5.41, 5.74) is 2.64. The summed E-state index contributed by atoms with van der Waals surface area (Å²) in [6.45, 7) is 2.13. The minimum Gasteiger partial charge on any atom is -0.341 e. The van der Waals surface area contributed by atoms with Crippen molar-refractivity contribution in [1.29, 1.82) is 0 Å². The number of aromatic amines is 1. The molecule has 120 valence electrons. The van der Waals surface area contributed by atoms with E-state index in [0.717, 1.165) is 30.6 Å². The van der Waals surface area contributed by atoms with E-state index in [1.807, 2.05) is 0 Å². The van der Waals surface area contributed by atoms with Crippen molar-refractivity contribution >= 4 is 28.7 Å². The molecule has 0 bridgehead atoms. The lowest BCUT2D eigenvalue weighted by Gasteiger charge is -2.12. The Morgan fingerprint density at radius 2 is 1.83 bits per heavy atom. The highest BCUT2D eigenvalue weighted by molar-refractivity contribution is 6.34. The standard InChI is InChI=1S/C18H16N4O2/c1-2-3-8-15-20-14-9-11(10-19-16(14)21-15)22-17(23)12-6-4-5-7-13(12)18(22)24/h4-7,9-10H,2-3,8H2,1H3,(H,19,20,21). The van der Waals surface area contributed by atoms with Gasteiger partial charge in [0.15, 0.2) is 5.65 Å². The molecular weight excluding hydrogens is 304 g/mol. The van der Waals surface area contributed by atoms with Crippen LogP contribution in [-0.2, 0) is 6.42 Å². The number of aryl methyl sites for hydroxylation is 1. The number of carbonyl (C=O) groups is 2. The molecule has 4 rings (SSSR count). The van der Waals surface area contributed by atoms with Crippen LogP contribution in [-0.4, -0.2) is 26.8 Å². The third-order valence-corrected chi connectivity index (χ3v) is 4.19. The van der Waals surface area contributed by atoms with Crippen molar-refractivity contribution in [1.82, 2.24) is 15.0 Å². The molecule has 0 aliphatic carbocycles. The second-order valence-corrected chi connectivity index (χ2v) is 5.84. The summed E-state index contributed by atoms with van der Waals surface area (Å²) < 4.78 is 0. The number of rotatable bonds is 4. The monoisotopic (exact) mass is 320 g/mol. The minimum absolute atomic E-state index is 0.317. The molecule has 3 aromatic rings. The molecule has 0 unspecified atom stereocenters. The molecule has 0 saturated carbocycles. The number of benzene rings is 1. The molecule has 3 heterocycles. The first-order valence-corrected chi connectivity index (χ1v) is 8.01. The van der Waals surface area contributed by atoms with Crippen LogP contribution in [0.2, 0.25) is 0 Å². The Bertz CT molecular complexity index is 926. The lowest BCUT2D eigenvalue weighted by Crippen LogP contribution is -2.29. The number of aromatic nitrogens is 3. The number of nitrogens with one attached hydrogen (secondary N) is 1. The van der Waals surface area contributed by atoms with E-state index in [1.54, 1.807) is 30.3 Å². The highest BCUT2D eigenvalue weighted by atomic mass is 16.2. The zero-order valence-corrected chi connectivity index (χ0v) is 13.2. The first-order valence-electron chi connectivity index (χ1n) is 8.01. The van der Waals surface area contributed by atoms with Crippen LogP contribution in [0.5, 0.6) is 0 Å². The van der Waals surface area contributed by atoms with Crippen LogP contribution >= 0.6 is 0 Å². The number of nitrogens with zero attached hydrogens (tertiary/aromatic N) is 3. The molecule has 2 aromatic heterocycles. The lowest BCUT2D eigenvalue weighted by molar-refractivity contribution is 0.0926. The van der Waals surface area contributed by atoms with Gasteiger partial charge in [-0.1, -0.05) is 25.5 Å². The molecule has 0 fully saturated rings. The van der Waals surface area contributed by atoms with Gasteiger partial charge < -0.3 is 4.98 Å². The molecule has 0 saturated heterocycles. The molecule has 1 aliphatic rings. The molecule has 1 aliphatic heterocycles. The van der Waals surface area contributed by atoms with Crippen molar-refractivity contribution in [3.8, 4) is 0 Å². The summed E-state index contributed by atoms with van der Waals surface area (Å²) in [6.07, 6.45) is 4.51. The van der Waals surface area contributed by atoms with Crippen LogP contribution in [0.3, 0.4) is 0 Å². The molecule has 2 amide bonds. The first kappa shape index (κ1) is 14.6. The average Bonchev–Trinajstić information content (AvgIpc) is 3.12. The average molecular weight is 320 g/mol. The minimum atomic E-state index is -0.317. The van der Waals surface area contributed by atoms with Crippen molar-refractivity contribution in [2.45, 2.75) is 26.2 Å². The fraction of sp³-hybridized carbons (Fsp3) is 0.222. The van der Waals surface area contributed by atoms with Gasteiger partial charge in [0.1, 0.15) is 5.82 Å². The van der Waals surface area contributed by atoms with E-state index in [9.17, 15) is 9.59 Å². The maximum Gasteiger partial charge on any atom is 0.266 e. The van der Waals surface area contributed by atoms with Gasteiger partial charge in [-0.25, -0.2) is 14.9 Å². The molecule has 0 spiro atoms. The van der Waals surface area contributed by atoms with Crippen LogP contribution in [0.25, 0.3) is 11.2 Å². The quantitative estimate of drug-likeness (QED) is 0.749. The zero-order valence-electron chi connectivity index (χ0n) is 13.2. The number of anilines is 1. The number of pyridine rings is 1. The van der Waals surface area contributed by atoms with Gasteiger partial charge in [0.05, 0.1) is 28.5 Å². The van der Waals surface area contributed by atoms with E-state index >= 15 is 0 Å². The number of carbonyl (C=O) groups excluding carboxylic acids is 2. The molecule has 1 aromatic carbocycles. The van der Waals surface area contributed by atoms with Gasteiger partial charge in [0.25, 0.3) is 11.8 Å². The number of imide groups is 1. The van der Waals surface area contributed by atoms with Gasteiger partial charge in [-0.2, -0.15) is 0 Å². The predicted octanol–water partition coefficient (Wildman–Crippen LogP) is 3.10. The molecule has 6 heteroatoms. The van der Waals surface area contributed by atoms with E-state index < -0.39 is 0 Å². The van der Waals surface area contributed by atoms with E-state index in [4.69, 9.17) is 0 Å². The van der Waals surface area contributed by atoms with Crippen molar-refractivity contribution < 1.29 is 9.59 Å². The SMILES string of the molecule is CCCCc1nc2ncc(N3C(=O)c4ccccc4C3=O)cc2[nH]1. The van der Waals surface area contributed by atoms with E-state index in [1.165, 1.54) is 11.1 Å². The summed E-state index contributed by atoms with van der Waals surface area (Å²) >= 11 is 0. The smallest absolute Gasteiger partial charge is 0.266 e. The highest BCUT2D eigenvalue weighted by Gasteiger charge is 2.36. The Morgan fingerprint density at radius 3 is 2.50 bits per heavy atom. The number of amides is 2. The van der Waals surface area contributed by atoms with Crippen LogP contribution in [0.1, 0.15) is 46.3 Å². The van der Waals surface area contributed by atoms with Crippen LogP contribution < -0.4 is 4.90 Å². The van der Waals surface area contributed by atoms with E-state index in [0.29, 0.717) is 22.5 Å². The first-order chi connectivity index (χ1) is 11.7. The summed E-state index contributed by atoms with van der Waals surface area (Å²) in [4.78, 5) is 38.2. The topological polar surface area (TPSA) is 79.0 Å². The summed E-state index contributed by atoms with van der Waals surface area (Å²) in [5, 5.41) is 0. The third-order valence-electron chi connectivity index (χ3n) is 4.19. The van der Waals surface area contributed by atoms with E-state index in [-0.39, 0.29) is 11.8 Å². The largest absolute Gasteiger partial charge is 0.341 e. The maximum absolute atomic E-state index is 12.5. The highest BCUT2D eigenvalue weighted by Crippen LogP contribution is 2.29. The number of hydrogen-bond acceptors (Lipinski definition) is 4. The van der Waals surface area contributed by atoms with Gasteiger partial charge >= 0.3 is 0 Å². The molecule has 1 N–H and O–H groups in total. The fourth-order valence-corrected chi connectivity index (χ4v) is 2.95. The molecule has 6 nitrogen and oxygen atoms in total. The summed E-state index contributed by atoms with van der Waals surface area (Å²) in [5.74, 6) is 0.240. The van der Waals surface area contributed by atoms with E-state index in [2.05, 4.69) is 21.9 Å². The number of hydrogen-bond donors (Lipinski definition) is 1. The third kappa shape index (κ3) is 2.19. The van der Waals surface area contributed by atoms with Crippen molar-refractivity contribution in [2.24, 2.45) is 0 Å². The number of imidazole rings is 1. The molecular formula is C18H16N4O2. The number of H-pyrrole nitrogens is 1. The van der Waals surface area contributed by atoms with Gasteiger partial charge in [-0.3, -0.25) is 9.59 Å². The normalized spacial score (nSPS) is 13.8. The lowest BCUT2D eigenvalue weighted by atomic mass is 10.1. The predicted molar refractivity (Wildman–Crippen MR) is 90.1 cm³/mol. The Hall–Kier alpha value is -3.02. The maximum atomic E-state index is 12.5.